The Morgan fingerprint density at radius 1 is 1.31 bits per heavy atom. The highest BCUT2D eigenvalue weighted by atomic mass is 16.5. The molecule has 0 unspecified atom stereocenters. The predicted molar refractivity (Wildman–Crippen MR) is 103 cm³/mol. The normalized spacial score (nSPS) is 17.7. The number of carbonyl (C=O) groups excluding carboxylic acids is 2. The smallest absolute Gasteiger partial charge is 0.329 e. The summed E-state index contributed by atoms with van der Waals surface area (Å²) in [5, 5.41) is 12.1. The van der Waals surface area contributed by atoms with Gasteiger partial charge in [-0.25, -0.2) is 4.79 Å². The maximum Gasteiger partial charge on any atom is 0.329 e. The van der Waals surface area contributed by atoms with E-state index < -0.39 is 5.97 Å². The molecule has 0 spiro atoms. The van der Waals surface area contributed by atoms with Crippen molar-refractivity contribution in [3.63, 3.8) is 0 Å². The van der Waals surface area contributed by atoms with Crippen molar-refractivity contribution in [1.29, 1.82) is 0 Å². The van der Waals surface area contributed by atoms with Crippen LogP contribution in [0.15, 0.2) is 23.3 Å². The second kappa shape index (κ2) is 9.37. The summed E-state index contributed by atoms with van der Waals surface area (Å²) < 4.78 is 11.0. The number of piperidine rings is 1. The Labute approximate surface area is 167 Å². The summed E-state index contributed by atoms with van der Waals surface area (Å²) >= 11 is 0. The highest BCUT2D eigenvalue weighted by Gasteiger charge is 2.29. The van der Waals surface area contributed by atoms with Crippen molar-refractivity contribution < 1.29 is 29.0 Å². The van der Waals surface area contributed by atoms with Crippen LogP contribution in [0, 0.1) is 0 Å². The predicted octanol–water partition coefficient (Wildman–Crippen LogP) is -0.0940. The molecule has 0 aliphatic carbocycles. The molecule has 0 radical (unpaired) electrons. The van der Waals surface area contributed by atoms with Crippen molar-refractivity contribution in [2.24, 2.45) is 10.9 Å². The van der Waals surface area contributed by atoms with Gasteiger partial charge in [0.05, 0.1) is 24.4 Å². The van der Waals surface area contributed by atoms with Crippen molar-refractivity contribution in [3.05, 3.63) is 29.3 Å². The number of hydrogen-bond donors (Lipinski definition) is 2. The second-order valence-electron chi connectivity index (χ2n) is 6.89. The summed E-state index contributed by atoms with van der Waals surface area (Å²) in [4.78, 5) is 39.3. The summed E-state index contributed by atoms with van der Waals surface area (Å²) in [6, 6.07) is 5.04. The number of amides is 2. The van der Waals surface area contributed by atoms with Crippen molar-refractivity contribution in [1.82, 2.24) is 9.80 Å². The summed E-state index contributed by atoms with van der Waals surface area (Å²) in [6.45, 7) is 1.16. The summed E-state index contributed by atoms with van der Waals surface area (Å²) in [5.74, 6) is 4.19. The van der Waals surface area contributed by atoms with Gasteiger partial charge >= 0.3 is 5.97 Å². The van der Waals surface area contributed by atoms with Gasteiger partial charge in [-0.05, 0) is 30.5 Å². The van der Waals surface area contributed by atoms with E-state index in [9.17, 15) is 14.4 Å². The zero-order valence-corrected chi connectivity index (χ0v) is 16.0. The molecule has 1 aromatic rings. The number of hydrogen-bond acceptors (Lipinski definition) is 7. The van der Waals surface area contributed by atoms with Crippen LogP contribution in [0.2, 0.25) is 0 Å². The topological polar surface area (TPSA) is 135 Å². The summed E-state index contributed by atoms with van der Waals surface area (Å²) in [6.07, 6.45) is 2.44. The summed E-state index contributed by atoms with van der Waals surface area (Å²) in [5.41, 5.74) is 1.11. The minimum Gasteiger partial charge on any atom is -0.491 e. The largest absolute Gasteiger partial charge is 0.491 e. The molecule has 3 N–H and O–H groups in total. The minimum atomic E-state index is -1.01. The number of fused-ring (bicyclic) bond motifs is 1. The second-order valence-corrected chi connectivity index (χ2v) is 6.89. The van der Waals surface area contributed by atoms with E-state index in [0.29, 0.717) is 43.8 Å². The number of rotatable bonds is 6. The quantitative estimate of drug-likeness (QED) is 0.384. The third-order valence-electron chi connectivity index (χ3n) is 4.93. The Kier molecular flexibility index (Phi) is 6.65. The number of carboxylic acid groups (broad SMARTS) is 1. The van der Waals surface area contributed by atoms with E-state index in [2.05, 4.69) is 5.10 Å². The molecule has 2 aliphatic heterocycles. The van der Waals surface area contributed by atoms with Gasteiger partial charge < -0.3 is 30.2 Å². The van der Waals surface area contributed by atoms with Crippen molar-refractivity contribution >= 4 is 24.0 Å². The number of aliphatic carboxylic acids is 1. The van der Waals surface area contributed by atoms with Crippen LogP contribution in [0.4, 0.5) is 0 Å². The minimum absolute atomic E-state index is 0.0334. The molecule has 10 heteroatoms. The Balaban J connectivity index is 1.58. The van der Waals surface area contributed by atoms with Gasteiger partial charge in [-0.2, -0.15) is 5.10 Å². The lowest BCUT2D eigenvalue weighted by atomic mass is 10.1. The third kappa shape index (κ3) is 5.23. The molecule has 0 saturated carbocycles. The first-order chi connectivity index (χ1) is 14.0. The number of ether oxygens (including phenoxy) is 2. The monoisotopic (exact) mass is 404 g/mol. The highest BCUT2D eigenvalue weighted by molar-refractivity contribution is 6.00. The van der Waals surface area contributed by atoms with Crippen LogP contribution in [0.1, 0.15) is 28.8 Å². The molecular formula is C19H24N4O6. The molecule has 2 aliphatic rings. The average Bonchev–Trinajstić information content (AvgIpc) is 2.86. The Morgan fingerprint density at radius 2 is 2.07 bits per heavy atom. The number of carbonyl (C=O) groups is 3. The van der Waals surface area contributed by atoms with Crippen LogP contribution < -0.4 is 10.6 Å². The molecule has 1 fully saturated rings. The zero-order valence-electron chi connectivity index (χ0n) is 16.0. The van der Waals surface area contributed by atoms with Gasteiger partial charge in [0.2, 0.25) is 5.91 Å². The van der Waals surface area contributed by atoms with Crippen molar-refractivity contribution in [2.45, 2.75) is 18.9 Å². The van der Waals surface area contributed by atoms with Crippen molar-refractivity contribution in [2.75, 3.05) is 39.4 Å². The molecule has 0 atom stereocenters. The van der Waals surface area contributed by atoms with Gasteiger partial charge in [-0.1, -0.05) is 6.07 Å². The van der Waals surface area contributed by atoms with Crippen LogP contribution in [-0.2, 0) is 14.3 Å². The first-order valence-electron chi connectivity index (χ1n) is 9.38. The standard InChI is InChI=1S/C19H24N4O6/c20-21-10-13-1-2-15-16(9-13)28-8-7-23(19(15)27)11-17(24)22-5-3-14(4-6-22)29-12-18(25)26/h1-2,9-10,14H,3-8,11-12,20H2,(H,25,26). The number of benzene rings is 1. The maximum atomic E-state index is 12.9. The molecule has 156 valence electrons. The highest BCUT2D eigenvalue weighted by Crippen LogP contribution is 2.24. The Bertz CT molecular complexity index is 804. The van der Waals surface area contributed by atoms with Crippen LogP contribution in [0.25, 0.3) is 0 Å². The fourth-order valence-corrected chi connectivity index (χ4v) is 3.41. The number of carboxylic acids is 1. The summed E-state index contributed by atoms with van der Waals surface area (Å²) in [7, 11) is 0. The van der Waals surface area contributed by atoms with Gasteiger partial charge in [-0.3, -0.25) is 9.59 Å². The van der Waals surface area contributed by atoms with Crippen molar-refractivity contribution in [3.8, 4) is 5.75 Å². The van der Waals surface area contributed by atoms with Gasteiger partial charge in [0.15, 0.2) is 0 Å². The van der Waals surface area contributed by atoms with Gasteiger partial charge in [0, 0.05) is 13.1 Å². The Morgan fingerprint density at radius 3 is 2.76 bits per heavy atom. The Hall–Kier alpha value is -3.14. The van der Waals surface area contributed by atoms with Crippen LogP contribution in [0.5, 0.6) is 5.75 Å². The van der Waals surface area contributed by atoms with Gasteiger partial charge in [0.25, 0.3) is 5.91 Å². The lowest BCUT2D eigenvalue weighted by molar-refractivity contribution is -0.147. The molecule has 1 saturated heterocycles. The lowest BCUT2D eigenvalue weighted by Gasteiger charge is -2.33. The fourth-order valence-electron chi connectivity index (χ4n) is 3.41. The maximum absolute atomic E-state index is 12.9. The van der Waals surface area contributed by atoms with E-state index in [-0.39, 0.29) is 37.7 Å². The van der Waals surface area contributed by atoms with E-state index in [0.717, 1.165) is 5.56 Å². The van der Waals surface area contributed by atoms with E-state index in [1.54, 1.807) is 23.1 Å². The zero-order chi connectivity index (χ0) is 20.8. The first-order valence-corrected chi connectivity index (χ1v) is 9.38. The lowest BCUT2D eigenvalue weighted by Crippen LogP contribution is -2.47. The molecule has 1 aromatic carbocycles. The van der Waals surface area contributed by atoms with E-state index in [1.807, 2.05) is 0 Å². The number of nitrogens with zero attached hydrogens (tertiary/aromatic N) is 3. The van der Waals surface area contributed by atoms with Crippen LogP contribution in [-0.4, -0.2) is 84.4 Å². The van der Waals surface area contributed by atoms with Gasteiger partial charge in [-0.15, -0.1) is 0 Å². The van der Waals surface area contributed by atoms with E-state index >= 15 is 0 Å². The molecule has 3 rings (SSSR count). The number of nitrogens with two attached hydrogens (primary N) is 1. The average molecular weight is 404 g/mol. The fraction of sp³-hybridized carbons (Fsp3) is 0.474. The number of likely N-dealkylation sites (tertiary alicyclic amines) is 1. The van der Waals surface area contributed by atoms with Crippen LogP contribution in [0.3, 0.4) is 0 Å². The SMILES string of the molecule is NN=Cc1ccc2c(c1)OCCN(CC(=O)N1CCC(OCC(=O)O)CC1)C2=O. The van der Waals surface area contributed by atoms with E-state index in [1.165, 1.54) is 11.1 Å². The first kappa shape index (κ1) is 20.6. The van der Waals surface area contributed by atoms with Crippen LogP contribution >= 0.6 is 0 Å². The molecular weight excluding hydrogens is 380 g/mol. The molecule has 10 nitrogen and oxygen atoms in total. The third-order valence-corrected chi connectivity index (χ3v) is 4.93. The molecule has 29 heavy (non-hydrogen) atoms. The molecule has 0 aromatic heterocycles. The molecule has 2 amide bonds. The van der Waals surface area contributed by atoms with E-state index in [4.69, 9.17) is 20.4 Å². The number of hydrazone groups is 1. The molecule has 0 bridgehead atoms. The van der Waals surface area contributed by atoms with Gasteiger partial charge in [0.1, 0.15) is 25.5 Å². The molecule has 2 heterocycles.